The first-order chi connectivity index (χ1) is 11.6. The summed E-state index contributed by atoms with van der Waals surface area (Å²) in [5, 5.41) is 4.99. The Bertz CT molecular complexity index is 687. The Morgan fingerprint density at radius 1 is 1.00 bits per heavy atom. The van der Waals surface area contributed by atoms with Gasteiger partial charge >= 0.3 is 6.18 Å². The van der Waals surface area contributed by atoms with E-state index in [4.69, 9.17) is 0 Å². The van der Waals surface area contributed by atoms with Crippen LogP contribution in [0.25, 0.3) is 5.57 Å². The van der Waals surface area contributed by atoms with Crippen molar-refractivity contribution in [1.82, 2.24) is 15.0 Å². The minimum absolute atomic E-state index is 0.00633. The number of nitrogens with one attached hydrogen (secondary N) is 2. The first-order valence-electron chi connectivity index (χ1n) is 7.86. The molecule has 0 saturated carbocycles. The Hall–Kier alpha value is -2.26. The van der Waals surface area contributed by atoms with Crippen LogP contribution in [0.4, 0.5) is 29.5 Å². The van der Waals surface area contributed by atoms with Gasteiger partial charge < -0.3 is 10.6 Å². The molecule has 1 heterocycles. The summed E-state index contributed by atoms with van der Waals surface area (Å²) in [5.41, 5.74) is -0.00633. The van der Waals surface area contributed by atoms with Crippen LogP contribution in [-0.4, -0.2) is 39.0 Å². The molecule has 0 aromatic carbocycles. The summed E-state index contributed by atoms with van der Waals surface area (Å²) < 4.78 is 52.4. The van der Waals surface area contributed by atoms with Gasteiger partial charge in [0.15, 0.2) is 17.4 Å². The number of Topliss-reactive ketones (excluding diaryl/α,β-unsaturated/α-hetero) is 1. The van der Waals surface area contributed by atoms with Crippen molar-refractivity contribution in [3.8, 4) is 0 Å². The maximum absolute atomic E-state index is 14.1. The first kappa shape index (κ1) is 19.1. The van der Waals surface area contributed by atoms with E-state index in [9.17, 15) is 22.4 Å². The summed E-state index contributed by atoms with van der Waals surface area (Å²) in [6, 6.07) is -2.00. The van der Waals surface area contributed by atoms with E-state index in [2.05, 4.69) is 25.6 Å². The van der Waals surface area contributed by atoms with E-state index in [1.54, 1.807) is 13.8 Å². The molecule has 0 fully saturated rings. The van der Waals surface area contributed by atoms with E-state index in [-0.39, 0.29) is 42.2 Å². The molecule has 1 aliphatic carbocycles. The van der Waals surface area contributed by atoms with Crippen LogP contribution >= 0.6 is 0 Å². The van der Waals surface area contributed by atoms with Gasteiger partial charge in [-0.1, -0.05) is 0 Å². The van der Waals surface area contributed by atoms with Gasteiger partial charge in [0.2, 0.25) is 11.9 Å². The van der Waals surface area contributed by atoms with E-state index in [1.807, 2.05) is 0 Å². The lowest BCUT2D eigenvalue weighted by molar-refractivity contribution is -0.138. The highest BCUT2D eigenvalue weighted by molar-refractivity contribution is 6.01. The fourth-order valence-corrected chi connectivity index (χ4v) is 2.20. The van der Waals surface area contributed by atoms with Gasteiger partial charge in [0.05, 0.1) is 0 Å². The first-order valence-corrected chi connectivity index (χ1v) is 7.86. The van der Waals surface area contributed by atoms with Crippen molar-refractivity contribution in [2.45, 2.75) is 58.3 Å². The molecule has 6 nitrogen and oxygen atoms in total. The van der Waals surface area contributed by atoms with Crippen LogP contribution in [0.3, 0.4) is 0 Å². The standard InChI is InChI=1S/C15H19F4N5O/c1-7(2)20-13-22-12(9-5-4-6-10(25)11(9)16)23-14(24-13)21-8(3)15(17,18)19/h7-8H,4-6H2,1-3H3,(H2,20,21,22,23,24)/t8-/m1/s1. The van der Waals surface area contributed by atoms with Crippen molar-refractivity contribution in [3.05, 3.63) is 11.7 Å². The van der Waals surface area contributed by atoms with E-state index in [1.165, 1.54) is 0 Å². The average molecular weight is 361 g/mol. The lowest BCUT2D eigenvalue weighted by Gasteiger charge is -2.19. The Morgan fingerprint density at radius 3 is 2.16 bits per heavy atom. The predicted molar refractivity (Wildman–Crippen MR) is 84.6 cm³/mol. The number of aromatic nitrogens is 3. The van der Waals surface area contributed by atoms with Crippen molar-refractivity contribution in [2.75, 3.05) is 10.6 Å². The maximum Gasteiger partial charge on any atom is 0.408 e. The number of carbonyl (C=O) groups excluding carboxylic acids is 1. The highest BCUT2D eigenvalue weighted by Gasteiger charge is 2.36. The van der Waals surface area contributed by atoms with Gasteiger partial charge in [-0.15, -0.1) is 0 Å². The predicted octanol–water partition coefficient (Wildman–Crippen LogP) is 3.49. The van der Waals surface area contributed by atoms with E-state index in [0.29, 0.717) is 6.42 Å². The number of nitrogens with zero attached hydrogens (tertiary/aromatic N) is 3. The summed E-state index contributed by atoms with van der Waals surface area (Å²) in [6.07, 6.45) is -3.74. The van der Waals surface area contributed by atoms with E-state index >= 15 is 0 Å². The molecule has 0 spiro atoms. The Morgan fingerprint density at radius 2 is 1.60 bits per heavy atom. The zero-order valence-corrected chi connectivity index (χ0v) is 14.0. The topological polar surface area (TPSA) is 79.8 Å². The van der Waals surface area contributed by atoms with Gasteiger partial charge in [0.25, 0.3) is 0 Å². The summed E-state index contributed by atoms with van der Waals surface area (Å²) in [5.74, 6) is -2.06. The molecule has 1 aromatic rings. The maximum atomic E-state index is 14.1. The van der Waals surface area contributed by atoms with Gasteiger partial charge in [-0.3, -0.25) is 4.79 Å². The molecule has 1 aromatic heterocycles. The van der Waals surface area contributed by atoms with E-state index in [0.717, 1.165) is 6.92 Å². The third kappa shape index (κ3) is 4.86. The number of allylic oxidation sites excluding steroid dienone is 2. The molecule has 1 aliphatic rings. The van der Waals surface area contributed by atoms with Crippen LogP contribution in [0.1, 0.15) is 45.9 Å². The molecule has 0 radical (unpaired) electrons. The molecule has 25 heavy (non-hydrogen) atoms. The smallest absolute Gasteiger partial charge is 0.352 e. The summed E-state index contributed by atoms with van der Waals surface area (Å²) in [6.45, 7) is 4.50. The highest BCUT2D eigenvalue weighted by Crippen LogP contribution is 2.30. The number of hydrogen-bond acceptors (Lipinski definition) is 6. The van der Waals surface area contributed by atoms with Gasteiger partial charge in [-0.25, -0.2) is 4.39 Å². The molecule has 0 aliphatic heterocycles. The number of rotatable bonds is 5. The molecule has 138 valence electrons. The van der Waals surface area contributed by atoms with Crippen molar-refractivity contribution < 1.29 is 22.4 Å². The quantitative estimate of drug-likeness (QED) is 0.782. The van der Waals surface area contributed by atoms with Gasteiger partial charge in [0.1, 0.15) is 6.04 Å². The average Bonchev–Trinajstić information content (AvgIpc) is 2.48. The van der Waals surface area contributed by atoms with Crippen LogP contribution in [0.5, 0.6) is 0 Å². The zero-order valence-electron chi connectivity index (χ0n) is 14.0. The number of carbonyl (C=O) groups is 1. The fraction of sp³-hybridized carbons (Fsp3) is 0.600. The molecule has 0 bridgehead atoms. The fourth-order valence-electron chi connectivity index (χ4n) is 2.20. The summed E-state index contributed by atoms with van der Waals surface area (Å²) in [7, 11) is 0. The number of ketones is 1. The van der Waals surface area contributed by atoms with Crippen LogP contribution in [0.15, 0.2) is 5.83 Å². The molecule has 1 atom stereocenters. The van der Waals surface area contributed by atoms with Crippen molar-refractivity contribution >= 4 is 23.3 Å². The zero-order chi connectivity index (χ0) is 18.8. The molecular formula is C15H19F4N5O. The van der Waals surface area contributed by atoms with Crippen LogP contribution in [0.2, 0.25) is 0 Å². The molecule has 0 amide bonds. The molecule has 0 unspecified atom stereocenters. The summed E-state index contributed by atoms with van der Waals surface area (Å²) in [4.78, 5) is 23.4. The van der Waals surface area contributed by atoms with Crippen molar-refractivity contribution in [3.63, 3.8) is 0 Å². The minimum atomic E-state index is -4.50. The minimum Gasteiger partial charge on any atom is -0.352 e. The second kappa shape index (κ2) is 7.32. The lowest BCUT2D eigenvalue weighted by Crippen LogP contribution is -2.34. The Labute approximate surface area is 142 Å². The lowest BCUT2D eigenvalue weighted by atomic mass is 9.97. The molecule has 10 heteroatoms. The van der Waals surface area contributed by atoms with Gasteiger partial charge in [-0.2, -0.15) is 28.1 Å². The molecule has 0 saturated heterocycles. The number of anilines is 2. The molecule has 2 N–H and O–H groups in total. The van der Waals surface area contributed by atoms with Crippen molar-refractivity contribution in [2.24, 2.45) is 0 Å². The van der Waals surface area contributed by atoms with Gasteiger partial charge in [0, 0.05) is 18.0 Å². The van der Waals surface area contributed by atoms with E-state index < -0.39 is 23.8 Å². The third-order valence-electron chi connectivity index (χ3n) is 3.50. The largest absolute Gasteiger partial charge is 0.408 e. The van der Waals surface area contributed by atoms with Crippen LogP contribution < -0.4 is 10.6 Å². The highest BCUT2D eigenvalue weighted by atomic mass is 19.4. The summed E-state index contributed by atoms with van der Waals surface area (Å²) >= 11 is 0. The normalized spacial score (nSPS) is 17.0. The van der Waals surface area contributed by atoms with Crippen LogP contribution in [-0.2, 0) is 4.79 Å². The van der Waals surface area contributed by atoms with Crippen molar-refractivity contribution in [1.29, 1.82) is 0 Å². The number of hydrogen-bond donors (Lipinski definition) is 2. The van der Waals surface area contributed by atoms with Gasteiger partial charge in [-0.05, 0) is 33.6 Å². The Balaban J connectivity index is 2.44. The molecular weight excluding hydrogens is 342 g/mol. The van der Waals surface area contributed by atoms with Crippen LogP contribution in [0, 0.1) is 0 Å². The molecule has 2 rings (SSSR count). The monoisotopic (exact) mass is 361 g/mol. The SMILES string of the molecule is CC(C)Nc1nc(N[C@H](C)C(F)(F)F)nc(C2=C(F)C(=O)CCC2)n1. The third-order valence-corrected chi connectivity index (χ3v) is 3.50. The number of alkyl halides is 3. The second-order valence-corrected chi connectivity index (χ2v) is 6.08. The second-order valence-electron chi connectivity index (χ2n) is 6.08. The number of halogens is 4. The Kier molecular flexibility index (Phi) is 5.58.